The van der Waals surface area contributed by atoms with Crippen LogP contribution in [-0.4, -0.2) is 32.4 Å². The number of anilines is 2. The molecule has 4 aromatic rings. The van der Waals surface area contributed by atoms with Gasteiger partial charge in [0.25, 0.3) is 0 Å². The smallest absolute Gasteiger partial charge is 0.209 e. The molecule has 0 aliphatic rings. The number of rotatable bonds is 6. The highest BCUT2D eigenvalue weighted by atomic mass is 15.2. The molecular formula is C22H21N7. The van der Waals surface area contributed by atoms with E-state index in [4.69, 9.17) is 10.2 Å². The van der Waals surface area contributed by atoms with Gasteiger partial charge in [-0.25, -0.2) is 15.0 Å². The Kier molecular flexibility index (Phi) is 5.08. The number of pyridine rings is 1. The molecule has 2 N–H and O–H groups in total. The molecule has 29 heavy (non-hydrogen) atoms. The molecule has 0 saturated heterocycles. The van der Waals surface area contributed by atoms with Gasteiger partial charge in [-0.3, -0.25) is 4.40 Å². The Balaban J connectivity index is 1.50. The Hall–Kier alpha value is -3.92. The third-order valence-corrected chi connectivity index (χ3v) is 4.65. The number of fused-ring (bicyclic) bond motifs is 1. The first-order valence-electron chi connectivity index (χ1n) is 9.40. The van der Waals surface area contributed by atoms with Gasteiger partial charge in [0.2, 0.25) is 5.95 Å². The lowest BCUT2D eigenvalue weighted by molar-refractivity contribution is 0.994. The molecule has 4 rings (SSSR count). The number of hydrogen-bond donors (Lipinski definition) is 2. The maximum absolute atomic E-state index is 8.84. The molecule has 0 atom stereocenters. The molecule has 1 aromatic carbocycles. The Morgan fingerprint density at radius 2 is 1.90 bits per heavy atom. The number of aromatic nitrogens is 4. The number of hydrogen-bond acceptors (Lipinski definition) is 6. The average molecular weight is 383 g/mol. The van der Waals surface area contributed by atoms with Crippen LogP contribution in [0.2, 0.25) is 0 Å². The van der Waals surface area contributed by atoms with Crippen LogP contribution in [0.3, 0.4) is 0 Å². The first-order valence-corrected chi connectivity index (χ1v) is 9.40. The summed E-state index contributed by atoms with van der Waals surface area (Å²) < 4.78 is 1.94. The number of aryl methyl sites for hydroxylation is 2. The number of benzene rings is 1. The van der Waals surface area contributed by atoms with Crippen LogP contribution >= 0.6 is 0 Å². The van der Waals surface area contributed by atoms with Crippen molar-refractivity contribution in [2.75, 3.05) is 23.7 Å². The topological polar surface area (TPSA) is 90.9 Å². The van der Waals surface area contributed by atoms with E-state index in [0.29, 0.717) is 18.7 Å². The van der Waals surface area contributed by atoms with Gasteiger partial charge in [0.1, 0.15) is 17.5 Å². The SMILES string of the molecule is Cc1ccc(-c2cc3nccn3c(NCCNc3ccc(C#N)cn3)n2)c(C)c1. The Bertz CT molecular complexity index is 1190. The zero-order valence-corrected chi connectivity index (χ0v) is 16.3. The molecule has 0 aliphatic carbocycles. The normalized spacial score (nSPS) is 10.7. The summed E-state index contributed by atoms with van der Waals surface area (Å²) >= 11 is 0. The van der Waals surface area contributed by atoms with Crippen molar-refractivity contribution in [3.8, 4) is 17.3 Å². The lowest BCUT2D eigenvalue weighted by Crippen LogP contribution is -2.17. The molecule has 7 heteroatoms. The lowest BCUT2D eigenvalue weighted by Gasteiger charge is -2.12. The van der Waals surface area contributed by atoms with Crippen molar-refractivity contribution >= 4 is 17.4 Å². The summed E-state index contributed by atoms with van der Waals surface area (Å²) in [5.41, 5.74) is 5.80. The van der Waals surface area contributed by atoms with Crippen molar-refractivity contribution < 1.29 is 0 Å². The van der Waals surface area contributed by atoms with Gasteiger partial charge in [0, 0.05) is 43.3 Å². The second-order valence-corrected chi connectivity index (χ2v) is 6.84. The van der Waals surface area contributed by atoms with E-state index in [-0.39, 0.29) is 0 Å². The van der Waals surface area contributed by atoms with Crippen LogP contribution in [0.25, 0.3) is 16.9 Å². The van der Waals surface area contributed by atoms with Gasteiger partial charge in [0.05, 0.1) is 11.3 Å². The van der Waals surface area contributed by atoms with Crippen LogP contribution in [0.1, 0.15) is 16.7 Å². The second-order valence-electron chi connectivity index (χ2n) is 6.84. The Morgan fingerprint density at radius 1 is 1.03 bits per heavy atom. The van der Waals surface area contributed by atoms with E-state index in [1.54, 1.807) is 24.5 Å². The van der Waals surface area contributed by atoms with Crippen LogP contribution in [0.15, 0.2) is 55.0 Å². The maximum atomic E-state index is 8.84. The highest BCUT2D eigenvalue weighted by molar-refractivity contribution is 5.69. The van der Waals surface area contributed by atoms with Crippen molar-refractivity contribution in [2.24, 2.45) is 0 Å². The Labute approximate surface area is 169 Å². The average Bonchev–Trinajstić information content (AvgIpc) is 3.20. The minimum Gasteiger partial charge on any atom is -0.368 e. The standard InChI is InChI=1S/C22H21N7/c1-15-3-5-18(16(2)11-15)19-12-21-25-9-10-29(21)22(28-19)26-8-7-24-20-6-4-17(13-23)14-27-20/h3-6,9-12,14H,7-8H2,1-2H3,(H,24,27)(H,26,28). The van der Waals surface area contributed by atoms with Crippen molar-refractivity contribution in [2.45, 2.75) is 13.8 Å². The zero-order valence-electron chi connectivity index (χ0n) is 16.3. The quantitative estimate of drug-likeness (QED) is 0.492. The number of imidazole rings is 1. The fourth-order valence-electron chi connectivity index (χ4n) is 3.22. The van der Waals surface area contributed by atoms with Gasteiger partial charge in [-0.2, -0.15) is 5.26 Å². The van der Waals surface area contributed by atoms with Gasteiger partial charge in [0.15, 0.2) is 0 Å². The molecule has 0 fully saturated rings. The molecular weight excluding hydrogens is 362 g/mol. The van der Waals surface area contributed by atoms with Gasteiger partial charge in [-0.1, -0.05) is 23.8 Å². The fraction of sp³-hybridized carbons (Fsp3) is 0.182. The number of nitrogens with zero attached hydrogens (tertiary/aromatic N) is 5. The summed E-state index contributed by atoms with van der Waals surface area (Å²) in [6, 6.07) is 14.0. The summed E-state index contributed by atoms with van der Waals surface area (Å²) in [5, 5.41) is 15.4. The molecule has 0 saturated carbocycles. The minimum atomic E-state index is 0.545. The molecule has 0 amide bonds. The summed E-state index contributed by atoms with van der Waals surface area (Å²) in [6.07, 6.45) is 5.22. The van der Waals surface area contributed by atoms with Crippen LogP contribution in [0, 0.1) is 25.2 Å². The van der Waals surface area contributed by atoms with Crippen LogP contribution in [0.4, 0.5) is 11.8 Å². The fourth-order valence-corrected chi connectivity index (χ4v) is 3.22. The molecule has 3 heterocycles. The van der Waals surface area contributed by atoms with Gasteiger partial charge in [-0.05, 0) is 31.5 Å². The Morgan fingerprint density at radius 3 is 2.66 bits per heavy atom. The third-order valence-electron chi connectivity index (χ3n) is 4.65. The summed E-state index contributed by atoms with van der Waals surface area (Å²) in [6.45, 7) is 5.49. The van der Waals surface area contributed by atoms with E-state index >= 15 is 0 Å². The van der Waals surface area contributed by atoms with Crippen LogP contribution < -0.4 is 10.6 Å². The van der Waals surface area contributed by atoms with E-state index in [9.17, 15) is 0 Å². The number of nitrogens with one attached hydrogen (secondary N) is 2. The molecule has 3 aromatic heterocycles. The molecule has 0 unspecified atom stereocenters. The van der Waals surface area contributed by atoms with E-state index in [0.717, 1.165) is 28.7 Å². The van der Waals surface area contributed by atoms with E-state index in [2.05, 4.69) is 58.7 Å². The summed E-state index contributed by atoms with van der Waals surface area (Å²) in [5.74, 6) is 1.47. The highest BCUT2D eigenvalue weighted by Gasteiger charge is 2.10. The second kappa shape index (κ2) is 7.98. The van der Waals surface area contributed by atoms with Gasteiger partial charge >= 0.3 is 0 Å². The monoisotopic (exact) mass is 383 g/mol. The summed E-state index contributed by atoms with van der Waals surface area (Å²) in [4.78, 5) is 13.5. The lowest BCUT2D eigenvalue weighted by atomic mass is 10.0. The molecule has 0 radical (unpaired) electrons. The van der Waals surface area contributed by atoms with Crippen molar-refractivity contribution in [3.05, 3.63) is 71.7 Å². The van der Waals surface area contributed by atoms with Crippen molar-refractivity contribution in [3.63, 3.8) is 0 Å². The summed E-state index contributed by atoms with van der Waals surface area (Å²) in [7, 11) is 0. The predicted molar refractivity (Wildman–Crippen MR) is 114 cm³/mol. The maximum Gasteiger partial charge on any atom is 0.209 e. The minimum absolute atomic E-state index is 0.545. The highest BCUT2D eigenvalue weighted by Crippen LogP contribution is 2.25. The predicted octanol–water partition coefficient (Wildman–Crippen LogP) is 3.80. The first kappa shape index (κ1) is 18.4. The van der Waals surface area contributed by atoms with Gasteiger partial charge < -0.3 is 10.6 Å². The molecule has 0 spiro atoms. The molecule has 7 nitrogen and oxygen atoms in total. The van der Waals surface area contributed by atoms with Gasteiger partial charge in [-0.15, -0.1) is 0 Å². The van der Waals surface area contributed by atoms with Crippen molar-refractivity contribution in [1.82, 2.24) is 19.4 Å². The van der Waals surface area contributed by atoms with Crippen molar-refractivity contribution in [1.29, 1.82) is 5.26 Å². The van der Waals surface area contributed by atoms with Crippen LogP contribution in [-0.2, 0) is 0 Å². The van der Waals surface area contributed by atoms with E-state index in [1.165, 1.54) is 11.1 Å². The molecule has 0 bridgehead atoms. The van der Waals surface area contributed by atoms with E-state index in [1.807, 2.05) is 16.7 Å². The van der Waals surface area contributed by atoms with Crippen LogP contribution in [0.5, 0.6) is 0 Å². The third kappa shape index (κ3) is 4.01. The zero-order chi connectivity index (χ0) is 20.2. The first-order chi connectivity index (χ1) is 14.1. The van der Waals surface area contributed by atoms with E-state index < -0.39 is 0 Å². The number of nitriles is 1. The molecule has 144 valence electrons. The largest absolute Gasteiger partial charge is 0.368 e. The molecule has 0 aliphatic heterocycles.